The number of carbonyl (C=O) groups is 2. The van der Waals surface area contributed by atoms with E-state index >= 15 is 0 Å². The van der Waals surface area contributed by atoms with E-state index in [-0.39, 0.29) is 18.0 Å². The van der Waals surface area contributed by atoms with Crippen molar-refractivity contribution < 1.29 is 9.59 Å². The van der Waals surface area contributed by atoms with E-state index in [1.165, 1.54) is 4.88 Å². The SMILES string of the molecule is CC(C(=O)NC(=O)NC1CC1)N(C)Cc1ccc(Br)s1. The Labute approximate surface area is 130 Å². The summed E-state index contributed by atoms with van der Waals surface area (Å²) < 4.78 is 1.07. The summed E-state index contributed by atoms with van der Waals surface area (Å²) >= 11 is 5.06. The average Bonchev–Trinajstić information content (AvgIpc) is 3.09. The lowest BCUT2D eigenvalue weighted by Crippen LogP contribution is -2.48. The van der Waals surface area contributed by atoms with Crippen LogP contribution >= 0.6 is 27.3 Å². The molecule has 1 heterocycles. The lowest BCUT2D eigenvalue weighted by molar-refractivity contribution is -0.124. The third-order valence-electron chi connectivity index (χ3n) is 3.22. The molecule has 0 aliphatic heterocycles. The second kappa shape index (κ2) is 6.69. The summed E-state index contributed by atoms with van der Waals surface area (Å²) in [6, 6.07) is 3.51. The highest BCUT2D eigenvalue weighted by atomic mass is 79.9. The molecule has 0 saturated heterocycles. The van der Waals surface area contributed by atoms with Crippen LogP contribution in [0.5, 0.6) is 0 Å². The molecule has 1 saturated carbocycles. The molecule has 1 aliphatic rings. The largest absolute Gasteiger partial charge is 0.335 e. The Kier molecular flexibility index (Phi) is 5.17. The van der Waals surface area contributed by atoms with Crippen LogP contribution in [0.15, 0.2) is 15.9 Å². The van der Waals surface area contributed by atoms with Gasteiger partial charge in [0.25, 0.3) is 0 Å². The molecule has 7 heteroatoms. The number of nitrogens with zero attached hydrogens (tertiary/aromatic N) is 1. The van der Waals surface area contributed by atoms with E-state index in [0.29, 0.717) is 6.54 Å². The Bertz CT molecular complexity index is 502. The van der Waals surface area contributed by atoms with Crippen LogP contribution < -0.4 is 10.6 Å². The highest BCUT2D eigenvalue weighted by molar-refractivity contribution is 9.11. The van der Waals surface area contributed by atoms with Crippen molar-refractivity contribution in [2.45, 2.75) is 38.4 Å². The first-order chi connectivity index (χ1) is 9.45. The average molecular weight is 360 g/mol. The molecule has 2 rings (SSSR count). The van der Waals surface area contributed by atoms with Crippen LogP contribution in [0.25, 0.3) is 0 Å². The third kappa shape index (κ3) is 4.57. The monoisotopic (exact) mass is 359 g/mol. The molecule has 110 valence electrons. The van der Waals surface area contributed by atoms with E-state index in [0.717, 1.165) is 16.6 Å². The molecule has 1 aromatic rings. The summed E-state index contributed by atoms with van der Waals surface area (Å²) in [5, 5.41) is 5.12. The van der Waals surface area contributed by atoms with Gasteiger partial charge in [0, 0.05) is 17.5 Å². The Morgan fingerprint density at radius 2 is 2.20 bits per heavy atom. The van der Waals surface area contributed by atoms with Crippen LogP contribution in [0, 0.1) is 0 Å². The molecule has 0 spiro atoms. The van der Waals surface area contributed by atoms with Crippen molar-refractivity contribution in [3.05, 3.63) is 20.8 Å². The van der Waals surface area contributed by atoms with Crippen LogP contribution in [-0.4, -0.2) is 36.0 Å². The minimum Gasteiger partial charge on any atom is -0.335 e. The molecule has 20 heavy (non-hydrogen) atoms. The van der Waals surface area contributed by atoms with Crippen LogP contribution in [0.4, 0.5) is 4.79 Å². The molecule has 1 aromatic heterocycles. The molecule has 3 amide bonds. The Morgan fingerprint density at radius 3 is 2.75 bits per heavy atom. The van der Waals surface area contributed by atoms with Crippen LogP contribution in [-0.2, 0) is 11.3 Å². The maximum atomic E-state index is 12.0. The van der Waals surface area contributed by atoms with E-state index in [1.54, 1.807) is 18.3 Å². The fourth-order valence-corrected chi connectivity index (χ4v) is 3.23. The van der Waals surface area contributed by atoms with Gasteiger partial charge in [0.2, 0.25) is 5.91 Å². The van der Waals surface area contributed by atoms with Crippen LogP contribution in [0.2, 0.25) is 0 Å². The van der Waals surface area contributed by atoms with Crippen molar-refractivity contribution in [3.63, 3.8) is 0 Å². The zero-order valence-electron chi connectivity index (χ0n) is 11.5. The molecule has 1 atom stereocenters. The fraction of sp³-hybridized carbons (Fsp3) is 0.538. The lowest BCUT2D eigenvalue weighted by atomic mass is 10.2. The van der Waals surface area contributed by atoms with E-state index in [2.05, 4.69) is 26.6 Å². The van der Waals surface area contributed by atoms with Gasteiger partial charge in [-0.05, 0) is 54.9 Å². The molecular formula is C13H18BrN3O2S. The van der Waals surface area contributed by atoms with Gasteiger partial charge in [0.1, 0.15) is 0 Å². The number of halogens is 1. The number of rotatable bonds is 5. The van der Waals surface area contributed by atoms with Crippen molar-refractivity contribution in [2.75, 3.05) is 7.05 Å². The van der Waals surface area contributed by atoms with Gasteiger partial charge in [0.15, 0.2) is 0 Å². The standard InChI is InChI=1S/C13H18BrN3O2S/c1-8(12(18)16-13(19)15-9-3-4-9)17(2)7-10-5-6-11(14)20-10/h5-6,8-9H,3-4,7H2,1-2H3,(H2,15,16,18,19). The zero-order chi connectivity index (χ0) is 14.7. The van der Waals surface area contributed by atoms with Crippen molar-refractivity contribution in [3.8, 4) is 0 Å². The van der Waals surface area contributed by atoms with Crippen LogP contribution in [0.1, 0.15) is 24.6 Å². The molecule has 2 N–H and O–H groups in total. The van der Waals surface area contributed by atoms with Crippen molar-refractivity contribution in [2.24, 2.45) is 0 Å². The van der Waals surface area contributed by atoms with Gasteiger partial charge < -0.3 is 5.32 Å². The summed E-state index contributed by atoms with van der Waals surface area (Å²) in [5.74, 6) is -0.277. The number of amides is 3. The number of hydrogen-bond donors (Lipinski definition) is 2. The summed E-state index contributed by atoms with van der Waals surface area (Å²) in [4.78, 5) is 26.6. The molecule has 1 fully saturated rings. The molecule has 1 unspecified atom stereocenters. The van der Waals surface area contributed by atoms with Gasteiger partial charge in [0.05, 0.1) is 9.83 Å². The quantitative estimate of drug-likeness (QED) is 0.847. The predicted octanol–water partition coefficient (Wildman–Crippen LogP) is 2.32. The number of likely N-dealkylation sites (N-methyl/N-ethyl adjacent to an activating group) is 1. The Hall–Kier alpha value is -0.920. The van der Waals surface area contributed by atoms with Gasteiger partial charge in [-0.3, -0.25) is 15.0 Å². The number of thiophene rings is 1. The number of urea groups is 1. The van der Waals surface area contributed by atoms with E-state index in [9.17, 15) is 9.59 Å². The van der Waals surface area contributed by atoms with E-state index in [4.69, 9.17) is 0 Å². The third-order valence-corrected chi connectivity index (χ3v) is 4.83. The maximum absolute atomic E-state index is 12.0. The number of imide groups is 1. The van der Waals surface area contributed by atoms with E-state index in [1.807, 2.05) is 24.1 Å². The van der Waals surface area contributed by atoms with E-state index < -0.39 is 6.03 Å². The lowest BCUT2D eigenvalue weighted by Gasteiger charge is -2.22. The first kappa shape index (κ1) is 15.5. The molecule has 0 aromatic carbocycles. The minimum absolute atomic E-state index is 0.249. The second-order valence-electron chi connectivity index (χ2n) is 5.03. The summed E-state index contributed by atoms with van der Waals surface area (Å²) in [7, 11) is 1.87. The Morgan fingerprint density at radius 1 is 1.50 bits per heavy atom. The van der Waals surface area contributed by atoms with Gasteiger partial charge in [-0.2, -0.15) is 0 Å². The van der Waals surface area contributed by atoms with Gasteiger partial charge in [-0.15, -0.1) is 11.3 Å². The normalized spacial score (nSPS) is 16.0. The number of hydrogen-bond acceptors (Lipinski definition) is 4. The molecule has 0 radical (unpaired) electrons. The molecule has 5 nitrogen and oxygen atoms in total. The van der Waals surface area contributed by atoms with Gasteiger partial charge in [-0.1, -0.05) is 0 Å². The highest BCUT2D eigenvalue weighted by Crippen LogP contribution is 2.23. The van der Waals surface area contributed by atoms with Crippen LogP contribution in [0.3, 0.4) is 0 Å². The van der Waals surface area contributed by atoms with Gasteiger partial charge in [-0.25, -0.2) is 4.79 Å². The molecule has 1 aliphatic carbocycles. The van der Waals surface area contributed by atoms with Crippen molar-refractivity contribution in [1.29, 1.82) is 0 Å². The van der Waals surface area contributed by atoms with Crippen molar-refractivity contribution in [1.82, 2.24) is 15.5 Å². The number of nitrogens with one attached hydrogen (secondary N) is 2. The number of carbonyl (C=O) groups excluding carboxylic acids is 2. The maximum Gasteiger partial charge on any atom is 0.321 e. The summed E-state index contributed by atoms with van der Waals surface area (Å²) in [6.07, 6.45) is 2.01. The molecular weight excluding hydrogens is 342 g/mol. The molecule has 0 bridgehead atoms. The summed E-state index contributed by atoms with van der Waals surface area (Å²) in [5.41, 5.74) is 0. The Balaban J connectivity index is 1.80. The minimum atomic E-state index is -0.392. The second-order valence-corrected chi connectivity index (χ2v) is 7.58. The first-order valence-electron chi connectivity index (χ1n) is 6.51. The smallest absolute Gasteiger partial charge is 0.321 e. The van der Waals surface area contributed by atoms with Gasteiger partial charge >= 0.3 is 6.03 Å². The topological polar surface area (TPSA) is 61.4 Å². The summed E-state index contributed by atoms with van der Waals surface area (Å²) in [6.45, 7) is 2.47. The van der Waals surface area contributed by atoms with Crippen molar-refractivity contribution >= 4 is 39.2 Å². The zero-order valence-corrected chi connectivity index (χ0v) is 13.9. The first-order valence-corrected chi connectivity index (χ1v) is 8.12. The highest BCUT2D eigenvalue weighted by Gasteiger charge is 2.26. The fourth-order valence-electron chi connectivity index (χ4n) is 1.69. The predicted molar refractivity (Wildman–Crippen MR) is 82.6 cm³/mol.